The van der Waals surface area contributed by atoms with Crippen LogP contribution in [0, 0.1) is 5.92 Å². The van der Waals surface area contributed by atoms with Crippen LogP contribution >= 0.6 is 0 Å². The Morgan fingerprint density at radius 3 is 2.88 bits per heavy atom. The molecule has 1 saturated heterocycles. The maximum atomic E-state index is 9.78. The first kappa shape index (κ1) is 11.6. The first-order valence-electron chi connectivity index (χ1n) is 5.76. The lowest BCUT2D eigenvalue weighted by Crippen LogP contribution is -2.45. The third kappa shape index (κ3) is 2.81. The molecule has 1 fully saturated rings. The van der Waals surface area contributed by atoms with E-state index in [1.54, 1.807) is 12.5 Å². The molecule has 2 atom stereocenters. The second kappa shape index (κ2) is 5.43. The summed E-state index contributed by atoms with van der Waals surface area (Å²) in [6, 6.07) is 0. The largest absolute Gasteiger partial charge is 0.396 e. The van der Waals surface area contributed by atoms with Crippen molar-refractivity contribution in [3.05, 3.63) is 18.7 Å². The van der Waals surface area contributed by atoms with Crippen LogP contribution in [0.15, 0.2) is 18.7 Å². The molecule has 2 N–H and O–H groups in total. The SMILES string of the molecule is OC[C@H]1CCN(CCn2ccnc2)C[C@H]1O. The van der Waals surface area contributed by atoms with Crippen LogP contribution < -0.4 is 0 Å². The highest BCUT2D eigenvalue weighted by Gasteiger charge is 2.26. The first-order chi connectivity index (χ1) is 7.79. The van der Waals surface area contributed by atoms with Gasteiger partial charge in [0.05, 0.1) is 12.4 Å². The Kier molecular flexibility index (Phi) is 3.93. The van der Waals surface area contributed by atoms with Crippen LogP contribution in [-0.2, 0) is 6.54 Å². The van der Waals surface area contributed by atoms with E-state index >= 15 is 0 Å². The summed E-state index contributed by atoms with van der Waals surface area (Å²) in [6.07, 6.45) is 6.00. The van der Waals surface area contributed by atoms with Crippen molar-refractivity contribution in [2.24, 2.45) is 5.92 Å². The van der Waals surface area contributed by atoms with Crippen molar-refractivity contribution >= 4 is 0 Å². The number of hydrogen-bond donors (Lipinski definition) is 2. The van der Waals surface area contributed by atoms with Gasteiger partial charge < -0.3 is 14.8 Å². The molecule has 0 radical (unpaired) electrons. The quantitative estimate of drug-likeness (QED) is 0.729. The number of rotatable bonds is 4. The molecular formula is C11H19N3O2. The minimum absolute atomic E-state index is 0.0597. The summed E-state index contributed by atoms with van der Waals surface area (Å²) in [6.45, 7) is 3.54. The summed E-state index contributed by atoms with van der Waals surface area (Å²) in [5, 5.41) is 18.8. The van der Waals surface area contributed by atoms with Gasteiger partial charge in [-0.3, -0.25) is 4.90 Å². The number of nitrogens with zero attached hydrogens (tertiary/aromatic N) is 3. The van der Waals surface area contributed by atoms with Gasteiger partial charge in [-0.15, -0.1) is 0 Å². The number of aliphatic hydroxyl groups is 2. The molecule has 1 aliphatic rings. The fourth-order valence-corrected chi connectivity index (χ4v) is 2.14. The van der Waals surface area contributed by atoms with E-state index in [1.165, 1.54) is 0 Å². The summed E-state index contributed by atoms with van der Waals surface area (Å²) >= 11 is 0. The zero-order valence-electron chi connectivity index (χ0n) is 9.37. The maximum absolute atomic E-state index is 9.78. The first-order valence-corrected chi connectivity index (χ1v) is 5.76. The Hall–Kier alpha value is -0.910. The van der Waals surface area contributed by atoms with Crippen molar-refractivity contribution in [1.82, 2.24) is 14.5 Å². The lowest BCUT2D eigenvalue weighted by Gasteiger charge is -2.35. The van der Waals surface area contributed by atoms with Gasteiger partial charge in [0.1, 0.15) is 0 Å². The van der Waals surface area contributed by atoms with Crippen molar-refractivity contribution in [1.29, 1.82) is 0 Å². The zero-order chi connectivity index (χ0) is 11.4. The number of hydrogen-bond acceptors (Lipinski definition) is 4. The van der Waals surface area contributed by atoms with Crippen molar-refractivity contribution in [2.45, 2.75) is 19.1 Å². The Balaban J connectivity index is 1.75. The summed E-state index contributed by atoms with van der Waals surface area (Å²) in [7, 11) is 0. The van der Waals surface area contributed by atoms with Gasteiger partial charge in [0.2, 0.25) is 0 Å². The number of β-amino-alcohol motifs (C(OH)–C–C–N with tert-alkyl or cyclic N) is 1. The molecule has 0 aliphatic carbocycles. The average molecular weight is 225 g/mol. The third-order valence-corrected chi connectivity index (χ3v) is 3.27. The van der Waals surface area contributed by atoms with E-state index in [9.17, 15) is 5.11 Å². The van der Waals surface area contributed by atoms with Gasteiger partial charge in [-0.2, -0.15) is 0 Å². The molecule has 0 aromatic carbocycles. The lowest BCUT2D eigenvalue weighted by molar-refractivity contribution is -0.00268. The molecule has 0 bridgehead atoms. The Labute approximate surface area is 95.3 Å². The van der Waals surface area contributed by atoms with Crippen LogP contribution in [0.3, 0.4) is 0 Å². The zero-order valence-corrected chi connectivity index (χ0v) is 9.37. The Bertz CT molecular complexity index is 302. The predicted molar refractivity (Wildman–Crippen MR) is 59.9 cm³/mol. The van der Waals surface area contributed by atoms with Gasteiger partial charge in [0, 0.05) is 44.6 Å². The molecule has 1 aromatic rings. The van der Waals surface area contributed by atoms with Crippen molar-refractivity contribution in [2.75, 3.05) is 26.2 Å². The van der Waals surface area contributed by atoms with Crippen molar-refractivity contribution < 1.29 is 10.2 Å². The summed E-state index contributed by atoms with van der Waals surface area (Å²) < 4.78 is 2.03. The average Bonchev–Trinajstić information content (AvgIpc) is 2.79. The lowest BCUT2D eigenvalue weighted by atomic mass is 9.95. The summed E-state index contributed by atoms with van der Waals surface area (Å²) in [5.74, 6) is 0.0597. The summed E-state index contributed by atoms with van der Waals surface area (Å²) in [4.78, 5) is 6.22. The van der Waals surface area contributed by atoms with Crippen LogP contribution in [0.2, 0.25) is 0 Å². The number of aliphatic hydroxyl groups excluding tert-OH is 2. The summed E-state index contributed by atoms with van der Waals surface area (Å²) in [5.41, 5.74) is 0. The van der Waals surface area contributed by atoms with E-state index in [4.69, 9.17) is 5.11 Å². The normalized spacial score (nSPS) is 27.1. The monoisotopic (exact) mass is 225 g/mol. The van der Waals surface area contributed by atoms with Gasteiger partial charge >= 0.3 is 0 Å². The molecule has 5 nitrogen and oxygen atoms in total. The molecule has 1 aliphatic heterocycles. The molecule has 0 amide bonds. The fraction of sp³-hybridized carbons (Fsp3) is 0.727. The molecular weight excluding hydrogens is 206 g/mol. The van der Waals surface area contributed by atoms with E-state index in [-0.39, 0.29) is 18.6 Å². The molecule has 90 valence electrons. The minimum Gasteiger partial charge on any atom is -0.396 e. The van der Waals surface area contributed by atoms with Gasteiger partial charge in [0.25, 0.3) is 0 Å². The van der Waals surface area contributed by atoms with Crippen molar-refractivity contribution in [3.8, 4) is 0 Å². The number of aromatic nitrogens is 2. The van der Waals surface area contributed by atoms with Crippen molar-refractivity contribution in [3.63, 3.8) is 0 Å². The van der Waals surface area contributed by atoms with E-state index in [0.717, 1.165) is 26.1 Å². The molecule has 0 unspecified atom stereocenters. The number of likely N-dealkylation sites (tertiary alicyclic amines) is 1. The fourth-order valence-electron chi connectivity index (χ4n) is 2.14. The highest BCUT2D eigenvalue weighted by atomic mass is 16.3. The number of imidazole rings is 1. The smallest absolute Gasteiger partial charge is 0.0946 e. The molecule has 5 heteroatoms. The van der Waals surface area contributed by atoms with Gasteiger partial charge in [0.15, 0.2) is 0 Å². The van der Waals surface area contributed by atoms with E-state index in [0.29, 0.717) is 6.54 Å². The van der Waals surface area contributed by atoms with E-state index < -0.39 is 0 Å². The predicted octanol–water partition coefficient (Wildman–Crippen LogP) is -0.442. The minimum atomic E-state index is -0.387. The molecule has 16 heavy (non-hydrogen) atoms. The topological polar surface area (TPSA) is 61.5 Å². The van der Waals surface area contributed by atoms with Crippen LogP contribution in [0.4, 0.5) is 0 Å². The Morgan fingerprint density at radius 2 is 2.25 bits per heavy atom. The molecule has 0 saturated carbocycles. The second-order valence-corrected chi connectivity index (χ2v) is 4.40. The maximum Gasteiger partial charge on any atom is 0.0946 e. The van der Waals surface area contributed by atoms with E-state index in [2.05, 4.69) is 9.88 Å². The van der Waals surface area contributed by atoms with Crippen LogP contribution in [0.25, 0.3) is 0 Å². The molecule has 1 aromatic heterocycles. The van der Waals surface area contributed by atoms with Crippen LogP contribution in [-0.4, -0.2) is 57.0 Å². The molecule has 2 heterocycles. The van der Waals surface area contributed by atoms with Gasteiger partial charge in [-0.05, 0) is 13.0 Å². The van der Waals surface area contributed by atoms with Gasteiger partial charge in [-0.1, -0.05) is 0 Å². The van der Waals surface area contributed by atoms with E-state index in [1.807, 2.05) is 10.8 Å². The Morgan fingerprint density at radius 1 is 1.38 bits per heavy atom. The highest BCUT2D eigenvalue weighted by molar-refractivity contribution is 4.80. The molecule has 0 spiro atoms. The third-order valence-electron chi connectivity index (χ3n) is 3.27. The van der Waals surface area contributed by atoms with Crippen LogP contribution in [0.5, 0.6) is 0 Å². The highest BCUT2D eigenvalue weighted by Crippen LogP contribution is 2.16. The number of piperidine rings is 1. The molecule has 2 rings (SSSR count). The van der Waals surface area contributed by atoms with Crippen LogP contribution in [0.1, 0.15) is 6.42 Å². The second-order valence-electron chi connectivity index (χ2n) is 4.40. The standard InChI is InChI=1S/C11H19N3O2/c15-8-10-1-3-13(7-11(10)16)5-6-14-4-2-12-9-14/h2,4,9-11,15-16H,1,3,5-8H2/t10-,11-/m1/s1. The van der Waals surface area contributed by atoms with Gasteiger partial charge in [-0.25, -0.2) is 4.98 Å².